The molecule has 0 N–H and O–H groups in total. The number of allylic oxidation sites excluding steroid dienone is 1. The van der Waals surface area contributed by atoms with Crippen LogP contribution in [0, 0.1) is 23.7 Å². The first-order valence-electron chi connectivity index (χ1n) is 11.5. The van der Waals surface area contributed by atoms with Crippen molar-refractivity contribution in [2.45, 2.75) is 33.6 Å². The number of hydrogen-bond acceptors (Lipinski definition) is 6. The van der Waals surface area contributed by atoms with Gasteiger partial charge in [-0.1, -0.05) is 25.5 Å². The van der Waals surface area contributed by atoms with Crippen LogP contribution >= 0.6 is 0 Å². The molecule has 0 spiro atoms. The molecule has 1 fully saturated rings. The predicted octanol–water partition coefficient (Wildman–Crippen LogP) is 4.47. The Hall–Kier alpha value is -2.18. The predicted molar refractivity (Wildman–Crippen MR) is 121 cm³/mol. The van der Waals surface area contributed by atoms with Gasteiger partial charge in [0, 0.05) is 31.6 Å². The smallest absolute Gasteiger partial charge is 0.247 e. The fourth-order valence-corrected chi connectivity index (χ4v) is 4.96. The number of hydrogen-bond donors (Lipinski definition) is 0. The van der Waals surface area contributed by atoms with E-state index in [1.807, 2.05) is 24.3 Å². The van der Waals surface area contributed by atoms with Crippen molar-refractivity contribution in [3.05, 3.63) is 41.8 Å². The summed E-state index contributed by atoms with van der Waals surface area (Å²) >= 11 is 0. The van der Waals surface area contributed by atoms with E-state index in [4.69, 9.17) is 13.9 Å². The molecule has 0 unspecified atom stereocenters. The Morgan fingerprint density at radius 2 is 1.87 bits per heavy atom. The minimum Gasteiger partial charge on any atom is -0.497 e. The molecule has 2 aromatic rings. The quantitative estimate of drug-likeness (QED) is 0.610. The lowest BCUT2D eigenvalue weighted by molar-refractivity contribution is 0.0256. The highest BCUT2D eigenvalue weighted by Gasteiger charge is 2.33. The zero-order chi connectivity index (χ0) is 21.8. The third kappa shape index (κ3) is 5.36. The summed E-state index contributed by atoms with van der Waals surface area (Å²) in [7, 11) is 1.66. The number of morpholine rings is 1. The summed E-state index contributed by atoms with van der Waals surface area (Å²) in [5.41, 5.74) is 2.38. The molecule has 0 amide bonds. The summed E-state index contributed by atoms with van der Waals surface area (Å²) in [6.45, 7) is 11.9. The van der Waals surface area contributed by atoms with E-state index in [1.165, 1.54) is 12.0 Å². The van der Waals surface area contributed by atoms with Crippen molar-refractivity contribution in [2.75, 3.05) is 40.0 Å². The summed E-state index contributed by atoms with van der Waals surface area (Å²) in [5, 5.41) is 8.63. The van der Waals surface area contributed by atoms with Crippen LogP contribution in [0.15, 0.2) is 40.3 Å². The highest BCUT2D eigenvalue weighted by molar-refractivity contribution is 5.53. The first kappa shape index (κ1) is 22.0. The lowest BCUT2D eigenvalue weighted by Crippen LogP contribution is -2.42. The van der Waals surface area contributed by atoms with Gasteiger partial charge in [-0.2, -0.15) is 0 Å². The normalized spacial score (nSPS) is 24.9. The number of benzene rings is 1. The van der Waals surface area contributed by atoms with Gasteiger partial charge in [-0.3, -0.25) is 4.90 Å². The van der Waals surface area contributed by atoms with Gasteiger partial charge < -0.3 is 13.9 Å². The minimum absolute atomic E-state index is 0.456. The van der Waals surface area contributed by atoms with Gasteiger partial charge in [-0.15, -0.1) is 10.2 Å². The van der Waals surface area contributed by atoms with Crippen molar-refractivity contribution in [1.29, 1.82) is 0 Å². The van der Waals surface area contributed by atoms with Crippen molar-refractivity contribution in [3.8, 4) is 17.2 Å². The van der Waals surface area contributed by atoms with E-state index in [2.05, 4.69) is 41.9 Å². The number of aromatic nitrogens is 2. The third-order valence-corrected chi connectivity index (χ3v) is 6.88. The Labute approximate surface area is 185 Å². The van der Waals surface area contributed by atoms with Crippen LogP contribution in [0.2, 0.25) is 0 Å². The Bertz CT molecular complexity index is 868. The van der Waals surface area contributed by atoms with Gasteiger partial charge in [0.1, 0.15) is 5.75 Å². The SMILES string of the molecule is COc1ccc(-c2nnc(C[C@@H]3C[C@@H](C(C)C)[C@H](CN4CCOCC4)C=C3C)o2)cc1. The molecule has 0 radical (unpaired) electrons. The zero-order valence-corrected chi connectivity index (χ0v) is 19.2. The first-order chi connectivity index (χ1) is 15.0. The fraction of sp³-hybridized carbons (Fsp3) is 0.600. The van der Waals surface area contributed by atoms with Crippen LogP contribution < -0.4 is 4.74 Å². The summed E-state index contributed by atoms with van der Waals surface area (Å²) < 4.78 is 16.8. The second-order valence-corrected chi connectivity index (χ2v) is 9.26. The average molecular weight is 426 g/mol. The Balaban J connectivity index is 1.44. The van der Waals surface area contributed by atoms with Crippen molar-refractivity contribution >= 4 is 0 Å². The van der Waals surface area contributed by atoms with E-state index in [9.17, 15) is 0 Å². The molecule has 6 nitrogen and oxygen atoms in total. The van der Waals surface area contributed by atoms with E-state index in [0.717, 1.165) is 56.5 Å². The Morgan fingerprint density at radius 1 is 1.13 bits per heavy atom. The molecule has 0 saturated carbocycles. The number of rotatable bonds is 7. The van der Waals surface area contributed by atoms with Gasteiger partial charge in [-0.25, -0.2) is 0 Å². The summed E-state index contributed by atoms with van der Waals surface area (Å²) in [5.74, 6) is 4.48. The van der Waals surface area contributed by atoms with Crippen molar-refractivity contribution < 1.29 is 13.9 Å². The van der Waals surface area contributed by atoms with Gasteiger partial charge in [-0.05, 0) is 61.3 Å². The highest BCUT2D eigenvalue weighted by atomic mass is 16.5. The minimum atomic E-state index is 0.456. The van der Waals surface area contributed by atoms with E-state index in [-0.39, 0.29) is 0 Å². The largest absolute Gasteiger partial charge is 0.497 e. The van der Waals surface area contributed by atoms with Crippen LogP contribution in [0.25, 0.3) is 11.5 Å². The zero-order valence-electron chi connectivity index (χ0n) is 19.2. The van der Waals surface area contributed by atoms with Crippen LogP contribution in [0.1, 0.15) is 33.1 Å². The molecule has 1 aliphatic carbocycles. The first-order valence-corrected chi connectivity index (χ1v) is 11.5. The van der Waals surface area contributed by atoms with Gasteiger partial charge in [0.25, 0.3) is 0 Å². The van der Waals surface area contributed by atoms with Crippen molar-refractivity contribution in [3.63, 3.8) is 0 Å². The van der Waals surface area contributed by atoms with E-state index >= 15 is 0 Å². The standard InChI is InChI=1S/C25H35N3O3/c1-17(2)23-14-20(18(3)13-21(23)16-28-9-11-30-12-10-28)15-24-26-27-25(31-24)19-5-7-22(29-4)8-6-19/h5-8,13,17,20-21,23H,9-12,14-16H2,1-4H3/t20-,21-,23-/m0/s1. The maximum atomic E-state index is 6.03. The Kier molecular flexibility index (Phi) is 7.08. The maximum absolute atomic E-state index is 6.03. The molecular weight excluding hydrogens is 390 g/mol. The van der Waals surface area contributed by atoms with Crippen LogP contribution in [0.4, 0.5) is 0 Å². The van der Waals surface area contributed by atoms with E-state index in [0.29, 0.717) is 29.6 Å². The molecule has 1 aromatic heterocycles. The molecule has 168 valence electrons. The molecule has 1 saturated heterocycles. The molecule has 31 heavy (non-hydrogen) atoms. The maximum Gasteiger partial charge on any atom is 0.247 e. The fourth-order valence-electron chi connectivity index (χ4n) is 4.96. The van der Waals surface area contributed by atoms with Gasteiger partial charge in [0.2, 0.25) is 11.8 Å². The molecular formula is C25H35N3O3. The number of methoxy groups -OCH3 is 1. The third-order valence-electron chi connectivity index (χ3n) is 6.88. The summed E-state index contributed by atoms with van der Waals surface area (Å²) in [6.07, 6.45) is 4.50. The van der Waals surface area contributed by atoms with Gasteiger partial charge in [0.15, 0.2) is 0 Å². The Morgan fingerprint density at radius 3 is 2.55 bits per heavy atom. The number of ether oxygens (including phenoxy) is 2. The topological polar surface area (TPSA) is 60.6 Å². The van der Waals surface area contributed by atoms with E-state index < -0.39 is 0 Å². The molecule has 4 rings (SSSR count). The van der Waals surface area contributed by atoms with Crippen LogP contribution in [-0.4, -0.2) is 55.1 Å². The molecule has 2 heterocycles. The van der Waals surface area contributed by atoms with Crippen molar-refractivity contribution in [1.82, 2.24) is 15.1 Å². The van der Waals surface area contributed by atoms with Crippen LogP contribution in [0.5, 0.6) is 5.75 Å². The summed E-state index contributed by atoms with van der Waals surface area (Å²) in [4.78, 5) is 2.56. The van der Waals surface area contributed by atoms with Crippen molar-refractivity contribution in [2.24, 2.45) is 23.7 Å². The van der Waals surface area contributed by atoms with Crippen LogP contribution in [-0.2, 0) is 11.2 Å². The van der Waals surface area contributed by atoms with E-state index in [1.54, 1.807) is 7.11 Å². The second kappa shape index (κ2) is 9.96. The second-order valence-electron chi connectivity index (χ2n) is 9.26. The monoisotopic (exact) mass is 425 g/mol. The molecule has 1 aliphatic heterocycles. The number of nitrogens with zero attached hydrogens (tertiary/aromatic N) is 3. The lowest BCUT2D eigenvalue weighted by atomic mass is 9.69. The van der Waals surface area contributed by atoms with Crippen LogP contribution in [0.3, 0.4) is 0 Å². The van der Waals surface area contributed by atoms with Gasteiger partial charge in [0.05, 0.1) is 20.3 Å². The molecule has 1 aromatic carbocycles. The lowest BCUT2D eigenvalue weighted by Gasteiger charge is -2.40. The average Bonchev–Trinajstić information content (AvgIpc) is 3.24. The molecule has 2 aliphatic rings. The molecule has 6 heteroatoms. The molecule has 3 atom stereocenters. The van der Waals surface area contributed by atoms with Gasteiger partial charge >= 0.3 is 0 Å². The highest BCUT2D eigenvalue weighted by Crippen LogP contribution is 2.39. The summed E-state index contributed by atoms with van der Waals surface area (Å²) in [6, 6.07) is 7.73. The molecule has 0 bridgehead atoms.